The maximum atomic E-state index is 3.42. The summed E-state index contributed by atoms with van der Waals surface area (Å²) >= 11 is 0. The average molecular weight is 266 g/mol. The van der Waals surface area contributed by atoms with E-state index < -0.39 is 0 Å². The van der Waals surface area contributed by atoms with Gasteiger partial charge >= 0.3 is 0 Å². The Morgan fingerprint density at radius 3 is 1.90 bits per heavy atom. The van der Waals surface area contributed by atoms with Crippen molar-refractivity contribution >= 4 is 21.5 Å². The molecule has 0 unspecified atom stereocenters. The molecule has 0 nitrogen and oxygen atoms in total. The van der Waals surface area contributed by atoms with Gasteiger partial charge in [-0.2, -0.15) is 0 Å². The molecule has 0 saturated heterocycles. The van der Waals surface area contributed by atoms with Gasteiger partial charge in [0, 0.05) is 5.56 Å². The monoisotopic (exact) mass is 266 g/mol. The minimum absolute atomic E-state index is 0.239. The summed E-state index contributed by atoms with van der Waals surface area (Å²) in [6, 6.07) is 19.2. The molecule has 0 aromatic heterocycles. The third-order valence-corrected chi connectivity index (χ3v) is 3.88. The number of hydrogen-bond donors (Lipinski definition) is 0. The highest BCUT2D eigenvalue weighted by Gasteiger charge is 2.05. The van der Waals surface area contributed by atoms with Gasteiger partial charge in [0.15, 0.2) is 0 Å². The molecule has 3 aromatic rings. The van der Waals surface area contributed by atoms with E-state index in [9.17, 15) is 0 Å². The van der Waals surface area contributed by atoms with Crippen LogP contribution in [-0.2, 0) is 0 Å². The van der Waals surface area contributed by atoms with Crippen LogP contribution in [0.15, 0.2) is 78.9 Å². The van der Waals surface area contributed by atoms with Crippen molar-refractivity contribution in [1.29, 1.82) is 0 Å². The van der Waals surface area contributed by atoms with Crippen molar-refractivity contribution in [3.8, 4) is 11.8 Å². The van der Waals surface area contributed by atoms with Crippen molar-refractivity contribution in [3.63, 3.8) is 0 Å². The van der Waals surface area contributed by atoms with E-state index >= 15 is 0 Å². The maximum Gasteiger partial charge on any atom is 0.0573 e. The molecule has 98 valence electrons. The molecule has 0 atom stereocenters. The van der Waals surface area contributed by atoms with E-state index in [0.29, 0.717) is 0 Å². The Labute approximate surface area is 124 Å². The zero-order valence-electron chi connectivity index (χ0n) is 11.6. The number of hydrogen-bond acceptors (Lipinski definition) is 0. The Kier molecular flexibility index (Phi) is 2.83. The SMILES string of the molecule is C(#CC1C=CC=C1)c1c2ccccc2cc2ccccc12. The molecule has 0 N–H and O–H groups in total. The number of fused-ring (bicyclic) bond motifs is 2. The Balaban J connectivity index is 2.02. The Hall–Kier alpha value is -2.78. The van der Waals surface area contributed by atoms with Crippen molar-refractivity contribution in [1.82, 2.24) is 0 Å². The van der Waals surface area contributed by atoms with Crippen LogP contribution < -0.4 is 0 Å². The fourth-order valence-electron chi connectivity index (χ4n) is 2.83. The molecule has 0 heteroatoms. The molecule has 0 aliphatic heterocycles. The Bertz CT molecular complexity index is 880. The zero-order valence-corrected chi connectivity index (χ0v) is 11.6. The third-order valence-electron chi connectivity index (χ3n) is 3.88. The first-order valence-electron chi connectivity index (χ1n) is 7.19. The van der Waals surface area contributed by atoms with Crippen molar-refractivity contribution in [3.05, 3.63) is 84.5 Å². The van der Waals surface area contributed by atoms with Gasteiger partial charge in [0.2, 0.25) is 0 Å². The first-order valence-corrected chi connectivity index (χ1v) is 7.19. The third kappa shape index (κ3) is 2.14. The van der Waals surface area contributed by atoms with Gasteiger partial charge in [-0.1, -0.05) is 84.7 Å². The fourth-order valence-corrected chi connectivity index (χ4v) is 2.83. The van der Waals surface area contributed by atoms with E-state index in [4.69, 9.17) is 0 Å². The first kappa shape index (κ1) is 12.0. The summed E-state index contributed by atoms with van der Waals surface area (Å²) in [5.41, 5.74) is 1.14. The van der Waals surface area contributed by atoms with Gasteiger partial charge in [-0.15, -0.1) is 0 Å². The highest BCUT2D eigenvalue weighted by molar-refractivity contribution is 6.04. The largest absolute Gasteiger partial charge is 0.0860 e. The molecule has 1 aliphatic carbocycles. The van der Waals surface area contributed by atoms with E-state index in [-0.39, 0.29) is 5.92 Å². The second-order valence-electron chi connectivity index (χ2n) is 5.26. The quantitative estimate of drug-likeness (QED) is 0.393. The van der Waals surface area contributed by atoms with Crippen LogP contribution in [0.1, 0.15) is 5.56 Å². The summed E-state index contributed by atoms with van der Waals surface area (Å²) < 4.78 is 0. The van der Waals surface area contributed by atoms with Crippen molar-refractivity contribution in [2.75, 3.05) is 0 Å². The second-order valence-corrected chi connectivity index (χ2v) is 5.26. The minimum atomic E-state index is 0.239. The van der Waals surface area contributed by atoms with Crippen LogP contribution >= 0.6 is 0 Å². The van der Waals surface area contributed by atoms with Crippen molar-refractivity contribution in [2.45, 2.75) is 0 Å². The minimum Gasteiger partial charge on any atom is -0.0860 e. The molecule has 0 heterocycles. The zero-order chi connectivity index (χ0) is 14.1. The fraction of sp³-hybridized carbons (Fsp3) is 0.0476. The van der Waals surface area contributed by atoms with Crippen LogP contribution in [0.25, 0.3) is 21.5 Å². The maximum absolute atomic E-state index is 3.42. The molecule has 1 aliphatic rings. The smallest absolute Gasteiger partial charge is 0.0573 e. The van der Waals surface area contributed by atoms with Crippen LogP contribution in [0.2, 0.25) is 0 Å². The Morgan fingerprint density at radius 1 is 0.714 bits per heavy atom. The molecule has 0 bridgehead atoms. The molecule has 0 amide bonds. The van der Waals surface area contributed by atoms with Crippen molar-refractivity contribution in [2.24, 2.45) is 5.92 Å². The molecule has 0 fully saturated rings. The van der Waals surface area contributed by atoms with Gasteiger partial charge in [-0.3, -0.25) is 0 Å². The van der Waals surface area contributed by atoms with Gasteiger partial charge in [0.1, 0.15) is 0 Å². The van der Waals surface area contributed by atoms with Gasteiger partial charge in [-0.05, 0) is 27.6 Å². The van der Waals surface area contributed by atoms with Gasteiger partial charge in [-0.25, -0.2) is 0 Å². The van der Waals surface area contributed by atoms with E-state index in [1.165, 1.54) is 21.5 Å². The summed E-state index contributed by atoms with van der Waals surface area (Å²) in [6.07, 6.45) is 8.36. The van der Waals surface area contributed by atoms with Crippen LogP contribution in [-0.4, -0.2) is 0 Å². The topological polar surface area (TPSA) is 0 Å². The molecule has 21 heavy (non-hydrogen) atoms. The molecule has 0 radical (unpaired) electrons. The number of rotatable bonds is 0. The first-order chi connectivity index (χ1) is 10.4. The van der Waals surface area contributed by atoms with Gasteiger partial charge in [0.05, 0.1) is 5.92 Å². The lowest BCUT2D eigenvalue weighted by atomic mass is 9.96. The summed E-state index contributed by atoms with van der Waals surface area (Å²) in [5, 5.41) is 4.96. The standard InChI is InChI=1S/C21H14/c1-2-8-16(7-1)13-14-21-19-11-5-3-9-17(19)15-18-10-4-6-12-20(18)21/h1-12,15-16H. The molecular weight excluding hydrogens is 252 g/mol. The van der Waals surface area contributed by atoms with Gasteiger partial charge in [0.25, 0.3) is 0 Å². The highest BCUT2D eigenvalue weighted by atomic mass is 14.1. The normalized spacial score (nSPS) is 13.7. The summed E-state index contributed by atoms with van der Waals surface area (Å²) in [4.78, 5) is 0. The predicted molar refractivity (Wildman–Crippen MR) is 90.1 cm³/mol. The summed E-state index contributed by atoms with van der Waals surface area (Å²) in [6.45, 7) is 0. The lowest BCUT2D eigenvalue weighted by Crippen LogP contribution is -1.86. The molecule has 4 rings (SSSR count). The summed E-state index contributed by atoms with van der Waals surface area (Å²) in [7, 11) is 0. The lowest BCUT2D eigenvalue weighted by Gasteiger charge is -2.06. The summed E-state index contributed by atoms with van der Waals surface area (Å²) in [5.74, 6) is 7.02. The lowest BCUT2D eigenvalue weighted by molar-refractivity contribution is 1.15. The molecule has 0 spiro atoms. The Morgan fingerprint density at radius 2 is 1.29 bits per heavy atom. The van der Waals surface area contributed by atoms with E-state index in [2.05, 4.69) is 90.7 Å². The second kappa shape index (κ2) is 4.96. The van der Waals surface area contributed by atoms with Crippen molar-refractivity contribution < 1.29 is 0 Å². The van der Waals surface area contributed by atoms with Crippen LogP contribution in [0.5, 0.6) is 0 Å². The average Bonchev–Trinajstić information content (AvgIpc) is 3.05. The number of allylic oxidation sites excluding steroid dienone is 4. The highest BCUT2D eigenvalue weighted by Crippen LogP contribution is 2.27. The van der Waals surface area contributed by atoms with E-state index in [1.807, 2.05) is 0 Å². The van der Waals surface area contributed by atoms with E-state index in [1.54, 1.807) is 0 Å². The molecule has 3 aromatic carbocycles. The molecule has 0 saturated carbocycles. The predicted octanol–water partition coefficient (Wildman–Crippen LogP) is 5.09. The molecular formula is C21H14. The number of benzene rings is 3. The van der Waals surface area contributed by atoms with Crippen LogP contribution in [0, 0.1) is 17.8 Å². The van der Waals surface area contributed by atoms with Crippen LogP contribution in [0.4, 0.5) is 0 Å². The van der Waals surface area contributed by atoms with Crippen LogP contribution in [0.3, 0.4) is 0 Å². The van der Waals surface area contributed by atoms with Gasteiger partial charge < -0.3 is 0 Å². The van der Waals surface area contributed by atoms with E-state index in [0.717, 1.165) is 5.56 Å².